The number of rotatable bonds is 5. The van der Waals surface area contributed by atoms with Crippen molar-refractivity contribution < 1.29 is 26.7 Å². The van der Waals surface area contributed by atoms with Crippen LogP contribution >= 0.6 is 0 Å². The second-order valence-corrected chi connectivity index (χ2v) is 8.83. The van der Waals surface area contributed by atoms with Gasteiger partial charge in [-0.25, -0.2) is 28.7 Å². The van der Waals surface area contributed by atoms with Crippen LogP contribution in [0, 0.1) is 12.8 Å². The highest BCUT2D eigenvalue weighted by Gasteiger charge is 2.46. The molecule has 1 saturated heterocycles. The average molecular weight is 506 g/mol. The summed E-state index contributed by atoms with van der Waals surface area (Å²) in [5, 5.41) is 2.79. The topological polar surface area (TPSA) is 83.9 Å². The minimum atomic E-state index is -4.58. The highest BCUT2D eigenvalue weighted by molar-refractivity contribution is 6.00. The molecule has 3 heterocycles. The van der Waals surface area contributed by atoms with Crippen molar-refractivity contribution in [2.24, 2.45) is 5.92 Å². The molecule has 1 fully saturated rings. The van der Waals surface area contributed by atoms with Gasteiger partial charge in [0.1, 0.15) is 0 Å². The number of aromatic nitrogens is 4. The summed E-state index contributed by atoms with van der Waals surface area (Å²) >= 11 is 0. The van der Waals surface area contributed by atoms with Crippen molar-refractivity contribution in [3.63, 3.8) is 0 Å². The Kier molecular flexibility index (Phi) is 6.87. The SMILES string of the molecule is Cc1ccc(-c2ncccn2)c(C(=O)N2CC(F)(F)CC(C)C2CNc2ncc(C(F)(F)F)cn2)c1. The van der Waals surface area contributed by atoms with Gasteiger partial charge in [-0.05, 0) is 25.0 Å². The van der Waals surface area contributed by atoms with Crippen molar-refractivity contribution in [3.05, 3.63) is 65.7 Å². The van der Waals surface area contributed by atoms with Gasteiger partial charge in [0.2, 0.25) is 5.95 Å². The molecule has 1 aromatic carbocycles. The van der Waals surface area contributed by atoms with Crippen LogP contribution in [0.1, 0.15) is 34.8 Å². The normalized spacial score (nSPS) is 19.7. The van der Waals surface area contributed by atoms with Crippen LogP contribution in [0.15, 0.2) is 49.1 Å². The number of hydrogen-bond donors (Lipinski definition) is 1. The van der Waals surface area contributed by atoms with E-state index in [0.29, 0.717) is 18.0 Å². The number of amides is 1. The lowest BCUT2D eigenvalue weighted by Gasteiger charge is -2.43. The van der Waals surface area contributed by atoms with Crippen LogP contribution in [0.2, 0.25) is 0 Å². The van der Waals surface area contributed by atoms with E-state index in [9.17, 15) is 26.7 Å². The lowest BCUT2D eigenvalue weighted by atomic mass is 9.87. The second kappa shape index (κ2) is 9.75. The number of aryl methyl sites for hydroxylation is 1. The minimum absolute atomic E-state index is 0.0304. The minimum Gasteiger partial charge on any atom is -0.352 e. The van der Waals surface area contributed by atoms with Crippen molar-refractivity contribution in [2.45, 2.75) is 38.4 Å². The Bertz CT molecular complexity index is 1220. The van der Waals surface area contributed by atoms with E-state index in [1.807, 2.05) is 0 Å². The number of likely N-dealkylation sites (tertiary alicyclic amines) is 1. The molecule has 36 heavy (non-hydrogen) atoms. The Hall–Kier alpha value is -3.70. The number of carbonyl (C=O) groups is 1. The molecule has 3 aromatic rings. The number of hydrogen-bond acceptors (Lipinski definition) is 6. The first-order chi connectivity index (χ1) is 16.9. The zero-order valence-corrected chi connectivity index (χ0v) is 19.4. The summed E-state index contributed by atoms with van der Waals surface area (Å²) in [4.78, 5) is 30.5. The van der Waals surface area contributed by atoms with Gasteiger partial charge in [0.25, 0.3) is 11.8 Å². The monoisotopic (exact) mass is 506 g/mol. The molecule has 190 valence electrons. The Labute approximate surface area is 203 Å². The van der Waals surface area contributed by atoms with Crippen LogP contribution in [-0.2, 0) is 6.18 Å². The van der Waals surface area contributed by atoms with Gasteiger partial charge in [0.15, 0.2) is 5.82 Å². The molecule has 7 nitrogen and oxygen atoms in total. The highest BCUT2D eigenvalue weighted by Crippen LogP contribution is 2.36. The van der Waals surface area contributed by atoms with Crippen molar-refractivity contribution in [2.75, 3.05) is 18.4 Å². The van der Waals surface area contributed by atoms with E-state index in [1.165, 1.54) is 12.4 Å². The molecule has 0 aliphatic carbocycles. The molecule has 1 amide bonds. The third-order valence-electron chi connectivity index (χ3n) is 6.00. The van der Waals surface area contributed by atoms with Crippen molar-refractivity contribution in [3.8, 4) is 11.4 Å². The van der Waals surface area contributed by atoms with E-state index in [2.05, 4.69) is 25.3 Å². The second-order valence-electron chi connectivity index (χ2n) is 8.83. The maximum atomic E-state index is 14.6. The number of piperidine rings is 1. The molecule has 0 saturated carbocycles. The molecule has 12 heteroatoms. The van der Waals surface area contributed by atoms with E-state index in [-0.39, 0.29) is 23.9 Å². The van der Waals surface area contributed by atoms with Crippen LogP contribution in [0.5, 0.6) is 0 Å². The summed E-state index contributed by atoms with van der Waals surface area (Å²) in [5.41, 5.74) is 0.334. The van der Waals surface area contributed by atoms with Gasteiger partial charge in [-0.1, -0.05) is 24.6 Å². The van der Waals surface area contributed by atoms with E-state index in [0.717, 1.165) is 10.5 Å². The number of carbonyl (C=O) groups excluding carboxylic acids is 1. The molecule has 0 spiro atoms. The zero-order chi connectivity index (χ0) is 26.1. The lowest BCUT2D eigenvalue weighted by Crippen LogP contribution is -2.57. The van der Waals surface area contributed by atoms with E-state index >= 15 is 0 Å². The number of benzene rings is 1. The molecule has 1 aliphatic rings. The molecular weight excluding hydrogens is 483 g/mol. The van der Waals surface area contributed by atoms with E-state index in [1.54, 1.807) is 38.1 Å². The summed E-state index contributed by atoms with van der Waals surface area (Å²) < 4.78 is 67.6. The third-order valence-corrected chi connectivity index (χ3v) is 6.00. The Morgan fingerprint density at radius 1 is 1.14 bits per heavy atom. The molecule has 1 N–H and O–H groups in total. The standard InChI is InChI=1S/C24H23F5N6O/c1-14-4-5-17(20-30-6-3-7-31-20)18(8-14)21(36)35-13-23(25,26)9-15(2)19(35)12-34-22-32-10-16(11-33-22)24(27,28)29/h3-8,10-11,15,19H,9,12-13H2,1-2H3,(H,32,33,34). The first kappa shape index (κ1) is 25.4. The molecule has 2 aromatic heterocycles. The Morgan fingerprint density at radius 2 is 1.81 bits per heavy atom. The van der Waals surface area contributed by atoms with Gasteiger partial charge >= 0.3 is 6.18 Å². The van der Waals surface area contributed by atoms with Gasteiger partial charge in [0.05, 0.1) is 23.7 Å². The van der Waals surface area contributed by atoms with Gasteiger partial charge in [-0.15, -0.1) is 0 Å². The maximum absolute atomic E-state index is 14.6. The lowest BCUT2D eigenvalue weighted by molar-refractivity contribution is -0.138. The van der Waals surface area contributed by atoms with Crippen LogP contribution < -0.4 is 5.32 Å². The molecule has 2 unspecified atom stereocenters. The number of anilines is 1. The Morgan fingerprint density at radius 3 is 2.44 bits per heavy atom. The number of halogens is 5. The summed E-state index contributed by atoms with van der Waals surface area (Å²) in [5.74, 6) is -4.17. The molecule has 4 rings (SSSR count). The number of alkyl halides is 5. The quantitative estimate of drug-likeness (QED) is 0.498. The Balaban J connectivity index is 1.63. The van der Waals surface area contributed by atoms with E-state index < -0.39 is 48.5 Å². The molecular formula is C24H23F5N6O. The van der Waals surface area contributed by atoms with Crippen LogP contribution in [0.3, 0.4) is 0 Å². The highest BCUT2D eigenvalue weighted by atomic mass is 19.4. The van der Waals surface area contributed by atoms with Gasteiger partial charge in [-0.3, -0.25) is 4.79 Å². The average Bonchev–Trinajstić information content (AvgIpc) is 2.82. The van der Waals surface area contributed by atoms with Crippen LogP contribution in [0.25, 0.3) is 11.4 Å². The maximum Gasteiger partial charge on any atom is 0.419 e. The van der Waals surface area contributed by atoms with Crippen molar-refractivity contribution >= 4 is 11.9 Å². The molecule has 0 bridgehead atoms. The van der Waals surface area contributed by atoms with Crippen molar-refractivity contribution in [1.82, 2.24) is 24.8 Å². The first-order valence-corrected chi connectivity index (χ1v) is 11.1. The molecule has 2 atom stereocenters. The van der Waals surface area contributed by atoms with Gasteiger partial charge in [0, 0.05) is 43.3 Å². The summed E-state index contributed by atoms with van der Waals surface area (Å²) in [7, 11) is 0. The fraction of sp³-hybridized carbons (Fsp3) is 0.375. The zero-order valence-electron chi connectivity index (χ0n) is 19.4. The third kappa shape index (κ3) is 5.58. The summed E-state index contributed by atoms with van der Waals surface area (Å²) in [6.07, 6.45) is -0.724. The van der Waals surface area contributed by atoms with Gasteiger partial charge < -0.3 is 10.2 Å². The number of nitrogens with one attached hydrogen (secondary N) is 1. The first-order valence-electron chi connectivity index (χ1n) is 11.1. The van der Waals surface area contributed by atoms with E-state index in [4.69, 9.17) is 0 Å². The fourth-order valence-electron chi connectivity index (χ4n) is 4.26. The largest absolute Gasteiger partial charge is 0.419 e. The van der Waals surface area contributed by atoms with Gasteiger partial charge in [-0.2, -0.15) is 13.2 Å². The number of nitrogens with zero attached hydrogens (tertiary/aromatic N) is 5. The molecule has 1 aliphatic heterocycles. The van der Waals surface area contributed by atoms with Crippen molar-refractivity contribution in [1.29, 1.82) is 0 Å². The van der Waals surface area contributed by atoms with Crippen LogP contribution in [0.4, 0.5) is 27.9 Å². The predicted molar refractivity (Wildman–Crippen MR) is 121 cm³/mol. The summed E-state index contributed by atoms with van der Waals surface area (Å²) in [6.45, 7) is 2.54. The van der Waals surface area contributed by atoms with Crippen LogP contribution in [-0.4, -0.2) is 55.8 Å². The fourth-order valence-corrected chi connectivity index (χ4v) is 4.26. The smallest absolute Gasteiger partial charge is 0.352 e. The predicted octanol–water partition coefficient (Wildman–Crippen LogP) is 4.86. The summed E-state index contributed by atoms with van der Waals surface area (Å²) in [6, 6.07) is 5.98. The molecule has 0 radical (unpaired) electrons.